The van der Waals surface area contributed by atoms with Gasteiger partial charge in [-0.2, -0.15) is 11.8 Å². The molecule has 7 nitrogen and oxygen atoms in total. The fourth-order valence-corrected chi connectivity index (χ4v) is 4.81. The van der Waals surface area contributed by atoms with Crippen molar-refractivity contribution in [3.05, 3.63) is 89.0 Å². The first kappa shape index (κ1) is 24.3. The molecule has 1 aliphatic carbocycles. The highest BCUT2D eigenvalue weighted by Crippen LogP contribution is 2.44. The van der Waals surface area contributed by atoms with Gasteiger partial charge in [0.15, 0.2) is 0 Å². The zero-order valence-electron chi connectivity index (χ0n) is 19.2. The Hall–Kier alpha value is -3.78. The van der Waals surface area contributed by atoms with Crippen LogP contribution in [-0.2, 0) is 9.53 Å². The molecule has 0 radical (unpaired) electrons. The maximum atomic E-state index is 12.2. The van der Waals surface area contributed by atoms with Gasteiger partial charge in [0.1, 0.15) is 6.61 Å². The van der Waals surface area contributed by atoms with Gasteiger partial charge in [0.05, 0.1) is 11.3 Å². The van der Waals surface area contributed by atoms with Crippen molar-refractivity contribution in [2.75, 3.05) is 30.0 Å². The summed E-state index contributed by atoms with van der Waals surface area (Å²) >= 11 is 1.38. The van der Waals surface area contributed by atoms with Gasteiger partial charge in [-0.15, -0.1) is 0 Å². The third-order valence-electron chi connectivity index (χ3n) is 5.84. The summed E-state index contributed by atoms with van der Waals surface area (Å²) in [4.78, 5) is 35.4. The minimum atomic E-state index is -1.01. The van der Waals surface area contributed by atoms with Gasteiger partial charge in [-0.05, 0) is 52.9 Å². The van der Waals surface area contributed by atoms with Gasteiger partial charge >= 0.3 is 12.1 Å². The first-order valence-electron chi connectivity index (χ1n) is 11.2. The van der Waals surface area contributed by atoms with E-state index < -0.39 is 12.1 Å². The number of carbonyl (C=O) groups excluding carboxylic acids is 2. The Balaban J connectivity index is 1.17. The minimum Gasteiger partial charge on any atom is -0.478 e. The molecular weight excluding hydrogens is 464 g/mol. The van der Waals surface area contributed by atoms with Crippen molar-refractivity contribution in [3.63, 3.8) is 0 Å². The second-order valence-electron chi connectivity index (χ2n) is 8.19. The maximum absolute atomic E-state index is 12.2. The minimum absolute atomic E-state index is 0.0132. The molecule has 180 valence electrons. The second kappa shape index (κ2) is 11.1. The van der Waals surface area contributed by atoms with Crippen LogP contribution < -0.4 is 10.6 Å². The number of hydrogen-bond donors (Lipinski definition) is 3. The van der Waals surface area contributed by atoms with E-state index in [0.717, 1.165) is 11.1 Å². The third kappa shape index (κ3) is 5.84. The van der Waals surface area contributed by atoms with Crippen LogP contribution in [0.25, 0.3) is 11.1 Å². The molecule has 0 saturated heterocycles. The highest BCUT2D eigenvalue weighted by Gasteiger charge is 2.28. The molecule has 0 fully saturated rings. The summed E-state index contributed by atoms with van der Waals surface area (Å²) in [5.74, 6) is -0.423. The lowest BCUT2D eigenvalue weighted by molar-refractivity contribution is -0.113. The Kier molecular flexibility index (Phi) is 7.72. The highest BCUT2D eigenvalue weighted by atomic mass is 32.2. The first-order chi connectivity index (χ1) is 16.9. The smallest absolute Gasteiger partial charge is 0.407 e. The van der Waals surface area contributed by atoms with E-state index in [0.29, 0.717) is 23.5 Å². The molecule has 0 heterocycles. The highest BCUT2D eigenvalue weighted by molar-refractivity contribution is 7.99. The largest absolute Gasteiger partial charge is 0.478 e. The number of ether oxygens (including phenoxy) is 1. The molecule has 0 unspecified atom stereocenters. The van der Waals surface area contributed by atoms with E-state index in [9.17, 15) is 14.4 Å². The van der Waals surface area contributed by atoms with Crippen molar-refractivity contribution >= 4 is 35.4 Å². The molecule has 1 aliphatic rings. The average Bonchev–Trinajstić information content (AvgIpc) is 3.17. The summed E-state index contributed by atoms with van der Waals surface area (Å²) in [5.41, 5.74) is 6.12. The van der Waals surface area contributed by atoms with Crippen LogP contribution in [0.4, 0.5) is 10.5 Å². The number of rotatable bonds is 9. The Bertz CT molecular complexity index is 1210. The maximum Gasteiger partial charge on any atom is 0.407 e. The summed E-state index contributed by atoms with van der Waals surface area (Å²) < 4.78 is 5.51. The van der Waals surface area contributed by atoms with Gasteiger partial charge in [0.25, 0.3) is 0 Å². The summed E-state index contributed by atoms with van der Waals surface area (Å²) in [6.07, 6.45) is -0.481. The normalized spacial score (nSPS) is 11.9. The number of aryl methyl sites for hydroxylation is 1. The number of carboxylic acid groups (broad SMARTS) is 1. The summed E-state index contributed by atoms with van der Waals surface area (Å²) in [6, 6.07) is 20.9. The fraction of sp³-hybridized carbons (Fsp3) is 0.222. The van der Waals surface area contributed by atoms with Crippen molar-refractivity contribution in [3.8, 4) is 11.1 Å². The lowest BCUT2D eigenvalue weighted by atomic mass is 9.98. The van der Waals surface area contributed by atoms with Crippen LogP contribution in [-0.4, -0.2) is 47.7 Å². The van der Waals surface area contributed by atoms with E-state index in [1.54, 1.807) is 13.0 Å². The third-order valence-corrected chi connectivity index (χ3v) is 6.80. The van der Waals surface area contributed by atoms with E-state index in [4.69, 9.17) is 9.84 Å². The van der Waals surface area contributed by atoms with Gasteiger partial charge in [0.2, 0.25) is 5.91 Å². The Morgan fingerprint density at radius 3 is 2.26 bits per heavy atom. The Labute approximate surface area is 207 Å². The molecule has 3 N–H and O–H groups in total. The first-order valence-corrected chi connectivity index (χ1v) is 12.4. The Morgan fingerprint density at radius 1 is 0.971 bits per heavy atom. The number of hydrogen-bond acceptors (Lipinski definition) is 5. The molecule has 0 bridgehead atoms. The molecule has 3 aromatic rings. The number of alkyl carbamates (subject to hydrolysis) is 1. The predicted molar refractivity (Wildman–Crippen MR) is 137 cm³/mol. The van der Waals surface area contributed by atoms with E-state index in [1.807, 2.05) is 24.3 Å². The summed E-state index contributed by atoms with van der Waals surface area (Å²) in [7, 11) is 0. The average molecular weight is 491 g/mol. The number of fused-ring (bicyclic) bond motifs is 3. The molecule has 0 atom stereocenters. The number of amides is 2. The molecular formula is C27H26N2O5S. The van der Waals surface area contributed by atoms with Gasteiger partial charge in [0, 0.05) is 23.9 Å². The number of carbonyl (C=O) groups is 3. The van der Waals surface area contributed by atoms with Crippen LogP contribution in [0.15, 0.2) is 66.7 Å². The van der Waals surface area contributed by atoms with Crippen LogP contribution in [0, 0.1) is 6.92 Å². The molecule has 4 rings (SSSR count). The van der Waals surface area contributed by atoms with Crippen molar-refractivity contribution in [1.29, 1.82) is 0 Å². The number of anilines is 1. The summed E-state index contributed by atoms with van der Waals surface area (Å²) in [5, 5.41) is 14.5. The van der Waals surface area contributed by atoms with Crippen LogP contribution in [0.1, 0.15) is 33.0 Å². The van der Waals surface area contributed by atoms with Crippen molar-refractivity contribution in [2.24, 2.45) is 0 Å². The van der Waals surface area contributed by atoms with Gasteiger partial charge in [-0.3, -0.25) is 4.79 Å². The van der Waals surface area contributed by atoms with Crippen LogP contribution >= 0.6 is 11.8 Å². The molecule has 8 heteroatoms. The standard InChI is InChI=1S/C27H26N2O5S/c1-17-14-18(26(31)32)10-11-24(17)29-25(30)16-35-13-12-28-27(33)34-15-23-21-8-4-2-6-19(21)20-7-3-5-9-22(20)23/h2-11,14,23H,12-13,15-16H2,1H3,(H,28,33)(H,29,30)(H,31,32). The number of thioether (sulfide) groups is 1. The van der Waals surface area contributed by atoms with E-state index in [2.05, 4.69) is 34.9 Å². The van der Waals surface area contributed by atoms with Gasteiger partial charge in [-0.25, -0.2) is 9.59 Å². The van der Waals surface area contributed by atoms with Crippen molar-refractivity contribution in [1.82, 2.24) is 5.32 Å². The monoisotopic (exact) mass is 490 g/mol. The SMILES string of the molecule is Cc1cc(C(=O)O)ccc1NC(=O)CSCCNC(=O)OCC1c2ccccc2-c2ccccc21. The molecule has 3 aromatic carbocycles. The van der Waals surface area contributed by atoms with Gasteiger partial charge < -0.3 is 20.5 Å². The molecule has 0 spiro atoms. The number of nitrogens with one attached hydrogen (secondary N) is 2. The molecule has 0 saturated carbocycles. The topological polar surface area (TPSA) is 105 Å². The summed E-state index contributed by atoms with van der Waals surface area (Å²) in [6.45, 7) is 2.38. The lowest BCUT2D eigenvalue weighted by Gasteiger charge is -2.14. The van der Waals surface area contributed by atoms with E-state index in [-0.39, 0.29) is 29.7 Å². The zero-order chi connectivity index (χ0) is 24.8. The molecule has 0 aliphatic heterocycles. The van der Waals surface area contributed by atoms with Crippen LogP contribution in [0.2, 0.25) is 0 Å². The number of benzene rings is 3. The zero-order valence-corrected chi connectivity index (χ0v) is 20.1. The second-order valence-corrected chi connectivity index (χ2v) is 9.29. The van der Waals surface area contributed by atoms with Crippen LogP contribution in [0.5, 0.6) is 0 Å². The van der Waals surface area contributed by atoms with Crippen LogP contribution in [0.3, 0.4) is 0 Å². The number of aromatic carboxylic acids is 1. The van der Waals surface area contributed by atoms with Gasteiger partial charge in [-0.1, -0.05) is 48.5 Å². The predicted octanol–water partition coefficient (Wildman–Crippen LogP) is 4.90. The van der Waals surface area contributed by atoms with E-state index in [1.165, 1.54) is 35.0 Å². The lowest BCUT2D eigenvalue weighted by Crippen LogP contribution is -2.28. The quantitative estimate of drug-likeness (QED) is 0.369. The Morgan fingerprint density at radius 2 is 1.63 bits per heavy atom. The number of carboxylic acids is 1. The molecule has 35 heavy (non-hydrogen) atoms. The van der Waals surface area contributed by atoms with Crippen molar-refractivity contribution in [2.45, 2.75) is 12.8 Å². The molecule has 2 amide bonds. The molecule has 0 aromatic heterocycles. The fourth-order valence-electron chi connectivity index (χ4n) is 4.16. The van der Waals surface area contributed by atoms with Crippen molar-refractivity contribution < 1.29 is 24.2 Å². The van der Waals surface area contributed by atoms with E-state index >= 15 is 0 Å².